The van der Waals surface area contributed by atoms with Crippen LogP contribution in [-0.2, 0) is 11.2 Å². The third kappa shape index (κ3) is 5.08. The average molecular weight is 438 g/mol. The lowest BCUT2D eigenvalue weighted by molar-refractivity contribution is -0.00579. The fourth-order valence-corrected chi connectivity index (χ4v) is 4.97. The van der Waals surface area contributed by atoms with Gasteiger partial charge < -0.3 is 20.1 Å². The predicted molar refractivity (Wildman–Crippen MR) is 127 cm³/mol. The van der Waals surface area contributed by atoms with Gasteiger partial charge >= 0.3 is 0 Å². The number of carbonyl (C=O) groups is 1. The summed E-state index contributed by atoms with van der Waals surface area (Å²) in [5.41, 5.74) is 9.77. The van der Waals surface area contributed by atoms with Gasteiger partial charge in [0, 0.05) is 37.4 Å². The zero-order valence-corrected chi connectivity index (χ0v) is 19.3. The summed E-state index contributed by atoms with van der Waals surface area (Å²) in [5, 5.41) is 0. The summed E-state index contributed by atoms with van der Waals surface area (Å²) in [6, 6.07) is 14.2. The molecule has 0 radical (unpaired) electrons. The summed E-state index contributed by atoms with van der Waals surface area (Å²) in [6.45, 7) is 8.28. The van der Waals surface area contributed by atoms with Crippen LogP contribution < -0.4 is 15.4 Å². The largest absolute Gasteiger partial charge is 0.497 e. The summed E-state index contributed by atoms with van der Waals surface area (Å²) in [6.07, 6.45) is 3.14. The van der Waals surface area contributed by atoms with E-state index in [4.69, 9.17) is 15.2 Å². The van der Waals surface area contributed by atoms with Gasteiger partial charge in [0.1, 0.15) is 5.75 Å². The van der Waals surface area contributed by atoms with Gasteiger partial charge in [-0.3, -0.25) is 9.69 Å². The van der Waals surface area contributed by atoms with E-state index in [2.05, 4.69) is 34.9 Å². The molecule has 6 nitrogen and oxygen atoms in total. The van der Waals surface area contributed by atoms with Crippen LogP contribution in [0.15, 0.2) is 42.5 Å². The SMILES string of the molecule is CCC(CCN1CCN(c2ccc(OC)cc2)CC1)C1OCCc2cc(C(N)=O)ccc21. The first kappa shape index (κ1) is 22.6. The number of benzene rings is 2. The van der Waals surface area contributed by atoms with Crippen molar-refractivity contribution in [3.05, 3.63) is 59.2 Å². The number of nitrogens with zero attached hydrogens (tertiary/aromatic N) is 2. The van der Waals surface area contributed by atoms with Gasteiger partial charge in [-0.25, -0.2) is 0 Å². The highest BCUT2D eigenvalue weighted by Gasteiger charge is 2.29. The molecule has 2 unspecified atom stereocenters. The molecule has 1 saturated heterocycles. The minimum Gasteiger partial charge on any atom is -0.497 e. The van der Waals surface area contributed by atoms with Crippen LogP contribution in [0.4, 0.5) is 5.69 Å². The minimum atomic E-state index is -0.364. The first-order valence-electron chi connectivity index (χ1n) is 11.7. The van der Waals surface area contributed by atoms with Gasteiger partial charge in [-0.2, -0.15) is 0 Å². The topological polar surface area (TPSA) is 68.0 Å². The van der Waals surface area contributed by atoms with Crippen LogP contribution in [0.5, 0.6) is 5.75 Å². The molecule has 0 aliphatic carbocycles. The number of nitrogens with two attached hydrogens (primary N) is 1. The van der Waals surface area contributed by atoms with Gasteiger partial charge in [0.2, 0.25) is 5.91 Å². The van der Waals surface area contributed by atoms with Crippen molar-refractivity contribution in [2.75, 3.05) is 51.3 Å². The number of piperazine rings is 1. The van der Waals surface area contributed by atoms with Crippen molar-refractivity contribution >= 4 is 11.6 Å². The number of rotatable bonds is 8. The second kappa shape index (κ2) is 10.4. The molecule has 1 fully saturated rings. The first-order valence-corrected chi connectivity index (χ1v) is 11.7. The molecule has 2 heterocycles. The Balaban J connectivity index is 1.32. The molecule has 4 rings (SSSR count). The minimum absolute atomic E-state index is 0.103. The van der Waals surface area contributed by atoms with Crippen LogP contribution in [0.1, 0.15) is 47.4 Å². The van der Waals surface area contributed by atoms with Crippen molar-refractivity contribution in [3.63, 3.8) is 0 Å². The van der Waals surface area contributed by atoms with Gasteiger partial charge in [-0.15, -0.1) is 0 Å². The lowest BCUT2D eigenvalue weighted by Crippen LogP contribution is -2.47. The fourth-order valence-electron chi connectivity index (χ4n) is 4.97. The molecule has 1 amide bonds. The third-order valence-corrected chi connectivity index (χ3v) is 6.98. The van der Waals surface area contributed by atoms with Crippen LogP contribution in [0, 0.1) is 5.92 Å². The van der Waals surface area contributed by atoms with Gasteiger partial charge in [-0.05, 0) is 72.8 Å². The lowest BCUT2D eigenvalue weighted by atomic mass is 9.85. The smallest absolute Gasteiger partial charge is 0.248 e. The maximum Gasteiger partial charge on any atom is 0.248 e. The first-order chi connectivity index (χ1) is 15.6. The standard InChI is InChI=1S/C26H35N3O3/c1-3-19(25-24-9-4-21(26(27)30)18-20(24)11-17-32-25)10-12-28-13-15-29(16-14-28)22-5-7-23(31-2)8-6-22/h4-9,18-19,25H,3,10-17H2,1-2H3,(H2,27,30). The van der Waals surface area contributed by atoms with Crippen molar-refractivity contribution in [1.29, 1.82) is 0 Å². The molecule has 6 heteroatoms. The van der Waals surface area contributed by atoms with E-state index in [0.29, 0.717) is 18.1 Å². The average Bonchev–Trinajstić information content (AvgIpc) is 2.84. The van der Waals surface area contributed by atoms with E-state index in [0.717, 1.165) is 57.7 Å². The Kier molecular flexibility index (Phi) is 7.33. The molecule has 0 spiro atoms. The molecule has 2 aliphatic rings. The predicted octanol–water partition coefficient (Wildman–Crippen LogP) is 3.65. The second-order valence-corrected chi connectivity index (χ2v) is 8.80. The summed E-state index contributed by atoms with van der Waals surface area (Å²) >= 11 is 0. The van der Waals surface area contributed by atoms with Crippen molar-refractivity contribution in [1.82, 2.24) is 4.90 Å². The maximum atomic E-state index is 11.6. The molecule has 2 N–H and O–H groups in total. The molecule has 2 aromatic carbocycles. The number of hydrogen-bond acceptors (Lipinski definition) is 5. The molecule has 0 saturated carbocycles. The molecule has 2 aromatic rings. The highest BCUT2D eigenvalue weighted by atomic mass is 16.5. The highest BCUT2D eigenvalue weighted by molar-refractivity contribution is 5.93. The fraction of sp³-hybridized carbons (Fsp3) is 0.500. The van der Waals surface area contributed by atoms with Crippen LogP contribution in [0.25, 0.3) is 0 Å². The summed E-state index contributed by atoms with van der Waals surface area (Å²) < 4.78 is 11.5. The van der Waals surface area contributed by atoms with E-state index in [9.17, 15) is 4.79 Å². The molecule has 2 aliphatic heterocycles. The van der Waals surface area contributed by atoms with E-state index in [1.54, 1.807) is 7.11 Å². The van der Waals surface area contributed by atoms with Crippen molar-refractivity contribution in [2.45, 2.75) is 32.3 Å². The summed E-state index contributed by atoms with van der Waals surface area (Å²) in [7, 11) is 1.70. The Morgan fingerprint density at radius 3 is 2.56 bits per heavy atom. The normalized spacial score (nSPS) is 19.9. The number of anilines is 1. The summed E-state index contributed by atoms with van der Waals surface area (Å²) in [5.74, 6) is 1.00. The molecule has 172 valence electrons. The molecule has 0 bridgehead atoms. The van der Waals surface area contributed by atoms with Crippen LogP contribution >= 0.6 is 0 Å². The lowest BCUT2D eigenvalue weighted by Gasteiger charge is -2.38. The van der Waals surface area contributed by atoms with Crippen molar-refractivity contribution in [3.8, 4) is 5.75 Å². The van der Waals surface area contributed by atoms with Crippen molar-refractivity contribution in [2.24, 2.45) is 11.7 Å². The van der Waals surface area contributed by atoms with Gasteiger partial charge in [-0.1, -0.05) is 19.4 Å². The Bertz CT molecular complexity index is 907. The van der Waals surface area contributed by atoms with Crippen LogP contribution in [0.3, 0.4) is 0 Å². The molecular weight excluding hydrogens is 402 g/mol. The van der Waals surface area contributed by atoms with Gasteiger partial charge in [0.15, 0.2) is 0 Å². The highest BCUT2D eigenvalue weighted by Crippen LogP contribution is 2.37. The summed E-state index contributed by atoms with van der Waals surface area (Å²) in [4.78, 5) is 16.6. The number of carbonyl (C=O) groups excluding carboxylic acids is 1. The van der Waals surface area contributed by atoms with E-state index in [1.807, 2.05) is 24.3 Å². The van der Waals surface area contributed by atoms with Gasteiger partial charge in [0.25, 0.3) is 0 Å². The Labute approximate surface area is 191 Å². The van der Waals surface area contributed by atoms with Gasteiger partial charge in [0.05, 0.1) is 19.8 Å². The quantitative estimate of drug-likeness (QED) is 0.683. The molecule has 2 atom stereocenters. The van der Waals surface area contributed by atoms with Crippen LogP contribution in [0.2, 0.25) is 0 Å². The van der Waals surface area contributed by atoms with E-state index in [1.165, 1.54) is 16.8 Å². The second-order valence-electron chi connectivity index (χ2n) is 8.80. The van der Waals surface area contributed by atoms with E-state index >= 15 is 0 Å². The zero-order valence-electron chi connectivity index (χ0n) is 19.3. The number of primary amides is 1. The zero-order chi connectivity index (χ0) is 22.5. The maximum absolute atomic E-state index is 11.6. The Hall–Kier alpha value is -2.57. The third-order valence-electron chi connectivity index (χ3n) is 6.98. The van der Waals surface area contributed by atoms with Crippen LogP contribution in [-0.4, -0.2) is 57.2 Å². The number of hydrogen-bond donors (Lipinski definition) is 1. The van der Waals surface area contributed by atoms with Crippen molar-refractivity contribution < 1.29 is 14.3 Å². The Morgan fingerprint density at radius 1 is 1.16 bits per heavy atom. The number of fused-ring (bicyclic) bond motifs is 1. The molecule has 0 aromatic heterocycles. The number of methoxy groups -OCH3 is 1. The molecular formula is C26H35N3O3. The molecule has 32 heavy (non-hydrogen) atoms. The van der Waals surface area contributed by atoms with E-state index < -0.39 is 0 Å². The monoisotopic (exact) mass is 437 g/mol. The Morgan fingerprint density at radius 2 is 1.91 bits per heavy atom. The number of amides is 1. The van der Waals surface area contributed by atoms with E-state index in [-0.39, 0.29) is 12.0 Å². The number of ether oxygens (including phenoxy) is 2.